The number of hydrogen-bond donors (Lipinski definition) is 0. The number of thioether (sulfide) groups is 1. The van der Waals surface area contributed by atoms with Crippen LogP contribution in [-0.4, -0.2) is 54.6 Å². The number of sulfone groups is 1. The monoisotopic (exact) mass is 358 g/mol. The number of amides is 1. The van der Waals surface area contributed by atoms with Gasteiger partial charge in [-0.2, -0.15) is 0 Å². The summed E-state index contributed by atoms with van der Waals surface area (Å²) in [6, 6.07) is 4.11. The summed E-state index contributed by atoms with van der Waals surface area (Å²) in [4.78, 5) is 17.8. The van der Waals surface area contributed by atoms with Crippen LogP contribution in [0.25, 0.3) is 11.1 Å². The van der Waals surface area contributed by atoms with E-state index in [4.69, 9.17) is 4.42 Å². The summed E-state index contributed by atoms with van der Waals surface area (Å²) in [6.45, 7) is 0.516. The topological polar surface area (TPSA) is 80.5 Å². The molecule has 0 radical (unpaired) electrons. The van der Waals surface area contributed by atoms with Gasteiger partial charge in [0.05, 0.1) is 11.5 Å². The first-order valence-corrected chi connectivity index (χ1v) is 9.91. The lowest BCUT2D eigenvalue weighted by Crippen LogP contribution is -2.43. The van der Waals surface area contributed by atoms with E-state index in [0.717, 1.165) is 0 Å². The second kappa shape index (κ2) is 6.48. The molecule has 9 heteroatoms. The van der Waals surface area contributed by atoms with Crippen molar-refractivity contribution >= 4 is 38.6 Å². The van der Waals surface area contributed by atoms with Gasteiger partial charge in [0.15, 0.2) is 15.4 Å². The van der Waals surface area contributed by atoms with Gasteiger partial charge in [-0.15, -0.1) is 0 Å². The van der Waals surface area contributed by atoms with Crippen molar-refractivity contribution in [3.8, 4) is 0 Å². The molecule has 0 aliphatic carbocycles. The van der Waals surface area contributed by atoms with Crippen LogP contribution in [-0.2, 0) is 14.6 Å². The van der Waals surface area contributed by atoms with Gasteiger partial charge in [-0.05, 0) is 12.1 Å². The zero-order chi connectivity index (χ0) is 16.4. The molecule has 1 fully saturated rings. The van der Waals surface area contributed by atoms with Gasteiger partial charge >= 0.3 is 0 Å². The number of fused-ring (bicyclic) bond motifs is 1. The fourth-order valence-electron chi connectivity index (χ4n) is 2.29. The molecule has 1 aromatic carbocycles. The van der Waals surface area contributed by atoms with E-state index in [9.17, 15) is 17.6 Å². The molecule has 1 saturated heterocycles. The van der Waals surface area contributed by atoms with Crippen LogP contribution < -0.4 is 0 Å². The fraction of sp³-hybridized carbons (Fsp3) is 0.429. The second-order valence-electron chi connectivity index (χ2n) is 5.22. The van der Waals surface area contributed by atoms with Crippen LogP contribution in [0.3, 0.4) is 0 Å². The molecule has 1 aliphatic heterocycles. The number of nitrogens with zero attached hydrogens (tertiary/aromatic N) is 2. The second-order valence-corrected chi connectivity index (χ2v) is 8.57. The van der Waals surface area contributed by atoms with Crippen LogP contribution >= 0.6 is 11.8 Å². The maximum atomic E-state index is 13.1. The van der Waals surface area contributed by atoms with Crippen molar-refractivity contribution in [1.82, 2.24) is 9.88 Å². The van der Waals surface area contributed by atoms with E-state index >= 15 is 0 Å². The van der Waals surface area contributed by atoms with Gasteiger partial charge in [-0.1, -0.05) is 11.8 Å². The van der Waals surface area contributed by atoms with Crippen LogP contribution in [0, 0.1) is 5.82 Å². The van der Waals surface area contributed by atoms with Crippen molar-refractivity contribution in [3.63, 3.8) is 0 Å². The molecule has 2 aromatic rings. The summed E-state index contributed by atoms with van der Waals surface area (Å²) in [5.41, 5.74) is 0.946. The van der Waals surface area contributed by atoms with Crippen molar-refractivity contribution in [2.45, 2.75) is 11.6 Å². The Kier molecular flexibility index (Phi) is 4.58. The minimum Gasteiger partial charge on any atom is -0.431 e. The average Bonchev–Trinajstić information content (AvgIpc) is 2.88. The predicted octanol–water partition coefficient (Wildman–Crippen LogP) is 1.71. The lowest BCUT2D eigenvalue weighted by Gasteiger charge is -2.26. The Morgan fingerprint density at radius 3 is 2.83 bits per heavy atom. The van der Waals surface area contributed by atoms with Crippen molar-refractivity contribution in [2.75, 3.05) is 30.3 Å². The van der Waals surface area contributed by atoms with Crippen molar-refractivity contribution in [3.05, 3.63) is 24.0 Å². The number of carbonyl (C=O) groups is 1. The third kappa shape index (κ3) is 4.03. The summed E-state index contributed by atoms with van der Waals surface area (Å²) in [7, 11) is -2.99. The van der Waals surface area contributed by atoms with Gasteiger partial charge in [-0.25, -0.2) is 17.8 Å². The highest BCUT2D eigenvalue weighted by atomic mass is 32.2. The largest absolute Gasteiger partial charge is 0.431 e. The quantitative estimate of drug-likeness (QED) is 0.774. The minimum absolute atomic E-state index is 0.0303. The number of aromatic nitrogens is 1. The highest BCUT2D eigenvalue weighted by Crippen LogP contribution is 2.24. The Bertz CT molecular complexity index is 820. The first kappa shape index (κ1) is 16.3. The average molecular weight is 358 g/mol. The smallest absolute Gasteiger partial charge is 0.256 e. The van der Waals surface area contributed by atoms with Crippen LogP contribution in [0.2, 0.25) is 0 Å². The summed E-state index contributed by atoms with van der Waals surface area (Å²) < 4.78 is 41.2. The number of carbonyl (C=O) groups excluding carboxylic acids is 1. The lowest BCUT2D eigenvalue weighted by molar-refractivity contribution is -0.130. The molecule has 0 spiro atoms. The number of hydrogen-bond acceptors (Lipinski definition) is 6. The molecule has 0 N–H and O–H groups in total. The third-order valence-electron chi connectivity index (χ3n) is 3.57. The van der Waals surface area contributed by atoms with E-state index in [1.807, 2.05) is 0 Å². The summed E-state index contributed by atoms with van der Waals surface area (Å²) in [5, 5.41) is 0.389. The standard InChI is InChI=1S/C14H15FN2O4S2/c15-10-1-2-12-11(9-10)16-14(21-12)22-6-3-13(18)17-4-7-23(19,20)8-5-17/h1-2,9H,3-8H2. The van der Waals surface area contributed by atoms with E-state index in [1.54, 1.807) is 4.90 Å². The molecule has 1 aliphatic rings. The Labute approximate surface area is 137 Å². The van der Waals surface area contributed by atoms with E-state index in [-0.39, 0.29) is 42.7 Å². The maximum absolute atomic E-state index is 13.1. The Hall–Kier alpha value is -1.61. The van der Waals surface area contributed by atoms with E-state index < -0.39 is 9.84 Å². The predicted molar refractivity (Wildman–Crippen MR) is 84.5 cm³/mol. The third-order valence-corrected chi connectivity index (χ3v) is 6.01. The van der Waals surface area contributed by atoms with E-state index in [1.165, 1.54) is 30.0 Å². The number of oxazole rings is 1. The van der Waals surface area contributed by atoms with E-state index in [2.05, 4.69) is 4.98 Å². The van der Waals surface area contributed by atoms with Gasteiger partial charge < -0.3 is 9.32 Å². The van der Waals surface area contributed by atoms with Crippen LogP contribution in [0.15, 0.2) is 27.8 Å². The molecule has 0 saturated carbocycles. The SMILES string of the molecule is O=C(CCSc1nc2cc(F)ccc2o1)N1CCS(=O)(=O)CC1. The van der Waals surface area contributed by atoms with Crippen LogP contribution in [0.1, 0.15) is 6.42 Å². The number of benzene rings is 1. The van der Waals surface area contributed by atoms with Crippen LogP contribution in [0.4, 0.5) is 4.39 Å². The maximum Gasteiger partial charge on any atom is 0.256 e. The molecule has 0 atom stereocenters. The molecule has 124 valence electrons. The highest BCUT2D eigenvalue weighted by molar-refractivity contribution is 7.99. The van der Waals surface area contributed by atoms with Gasteiger partial charge in [0.1, 0.15) is 11.3 Å². The van der Waals surface area contributed by atoms with Gasteiger partial charge in [-0.3, -0.25) is 4.79 Å². The fourth-order valence-corrected chi connectivity index (χ4v) is 4.25. The summed E-state index contributed by atoms with van der Waals surface area (Å²) in [5.74, 6) is 0.0786. The normalized spacial score (nSPS) is 17.5. The molecule has 0 bridgehead atoms. The molecular weight excluding hydrogens is 343 g/mol. The van der Waals surface area contributed by atoms with Crippen molar-refractivity contribution < 1.29 is 22.0 Å². The zero-order valence-corrected chi connectivity index (χ0v) is 13.8. The van der Waals surface area contributed by atoms with E-state index in [0.29, 0.717) is 22.1 Å². The first-order valence-electron chi connectivity index (χ1n) is 7.10. The Morgan fingerprint density at radius 2 is 2.09 bits per heavy atom. The van der Waals surface area contributed by atoms with Gasteiger partial charge in [0, 0.05) is 31.3 Å². The van der Waals surface area contributed by atoms with Crippen molar-refractivity contribution in [1.29, 1.82) is 0 Å². The molecule has 2 heterocycles. The number of rotatable bonds is 4. The summed E-state index contributed by atoms with van der Waals surface area (Å²) >= 11 is 1.28. The van der Waals surface area contributed by atoms with Crippen molar-refractivity contribution in [2.24, 2.45) is 0 Å². The molecular formula is C14H15FN2O4S2. The van der Waals surface area contributed by atoms with Gasteiger partial charge in [0.2, 0.25) is 5.91 Å². The zero-order valence-electron chi connectivity index (χ0n) is 12.2. The summed E-state index contributed by atoms with van der Waals surface area (Å²) in [6.07, 6.45) is 0.276. The lowest BCUT2D eigenvalue weighted by atomic mass is 10.3. The van der Waals surface area contributed by atoms with Crippen LogP contribution in [0.5, 0.6) is 0 Å². The number of halogens is 1. The van der Waals surface area contributed by atoms with Gasteiger partial charge in [0.25, 0.3) is 5.22 Å². The Balaban J connectivity index is 1.51. The Morgan fingerprint density at radius 1 is 1.35 bits per heavy atom. The molecule has 1 amide bonds. The minimum atomic E-state index is -2.99. The molecule has 23 heavy (non-hydrogen) atoms. The molecule has 0 unspecified atom stereocenters. The molecule has 3 rings (SSSR count). The molecule has 6 nitrogen and oxygen atoms in total. The highest BCUT2D eigenvalue weighted by Gasteiger charge is 2.24. The first-order chi connectivity index (χ1) is 10.9. The molecule has 1 aromatic heterocycles.